The van der Waals surface area contributed by atoms with Gasteiger partial charge in [0.1, 0.15) is 5.37 Å². The van der Waals surface area contributed by atoms with Crippen LogP contribution in [0.1, 0.15) is 10.4 Å². The number of carboxylic acid groups (broad SMARTS) is 1. The summed E-state index contributed by atoms with van der Waals surface area (Å²) in [5, 5.41) is 8.54. The molecule has 1 aromatic carbocycles. The Balaban J connectivity index is 2.46. The van der Waals surface area contributed by atoms with Gasteiger partial charge in [-0.3, -0.25) is 0 Å². The van der Waals surface area contributed by atoms with Gasteiger partial charge in [0, 0.05) is 24.3 Å². The van der Waals surface area contributed by atoms with Gasteiger partial charge in [0.2, 0.25) is 0 Å². The second kappa shape index (κ2) is 5.42. The van der Waals surface area contributed by atoms with Crippen molar-refractivity contribution in [1.82, 2.24) is 0 Å². The molecule has 0 saturated carbocycles. The van der Waals surface area contributed by atoms with Crippen LogP contribution in [0.2, 0.25) is 0 Å². The zero-order chi connectivity index (χ0) is 14.0. The molecule has 1 N–H and O–H groups in total. The van der Waals surface area contributed by atoms with Gasteiger partial charge in [-0.25, -0.2) is 13.2 Å². The lowest BCUT2D eigenvalue weighted by atomic mass is 10.1. The van der Waals surface area contributed by atoms with E-state index in [1.54, 1.807) is 34.9 Å². The fourth-order valence-electron chi connectivity index (χ4n) is 2.12. The van der Waals surface area contributed by atoms with E-state index in [0.717, 1.165) is 5.75 Å². The van der Waals surface area contributed by atoms with Crippen LogP contribution in [0.5, 0.6) is 0 Å². The van der Waals surface area contributed by atoms with Crippen molar-refractivity contribution < 1.29 is 18.3 Å². The maximum atomic E-state index is 11.8. The Hall–Kier alpha value is -1.21. The van der Waals surface area contributed by atoms with Crippen molar-refractivity contribution in [1.29, 1.82) is 0 Å². The molecule has 0 aliphatic carbocycles. The maximum absolute atomic E-state index is 11.8. The summed E-state index contributed by atoms with van der Waals surface area (Å²) in [6.07, 6.45) is 1.19. The van der Waals surface area contributed by atoms with Crippen molar-refractivity contribution in [2.75, 3.05) is 29.2 Å². The second-order valence-electron chi connectivity index (χ2n) is 4.37. The summed E-state index contributed by atoms with van der Waals surface area (Å²) in [6, 6.07) is 6.53. The highest BCUT2D eigenvalue weighted by Gasteiger charge is 2.32. The van der Waals surface area contributed by atoms with Gasteiger partial charge < -0.3 is 10.0 Å². The number of benzene rings is 1. The summed E-state index contributed by atoms with van der Waals surface area (Å²) >= 11 is 1.57. The molecule has 2 rings (SSSR count). The van der Waals surface area contributed by atoms with E-state index < -0.39 is 21.2 Å². The van der Waals surface area contributed by atoms with Gasteiger partial charge in [0.05, 0.1) is 11.3 Å². The predicted octanol–water partition coefficient (Wildman–Crippen LogP) is 1.31. The second-order valence-corrected chi connectivity index (χ2v) is 7.73. The lowest BCUT2D eigenvalue weighted by Gasteiger charge is -2.36. The Morgan fingerprint density at radius 2 is 2.11 bits per heavy atom. The Bertz CT molecular complexity index is 585. The van der Waals surface area contributed by atoms with Crippen LogP contribution in [0.3, 0.4) is 0 Å². The van der Waals surface area contributed by atoms with Gasteiger partial charge in [0.15, 0.2) is 9.84 Å². The molecule has 19 heavy (non-hydrogen) atoms. The Morgan fingerprint density at radius 3 is 2.74 bits per heavy atom. The van der Waals surface area contributed by atoms with Gasteiger partial charge in [-0.1, -0.05) is 12.1 Å². The first kappa shape index (κ1) is 14.2. The van der Waals surface area contributed by atoms with Crippen molar-refractivity contribution >= 4 is 33.3 Å². The molecular formula is C12H15NO4S2. The van der Waals surface area contributed by atoms with Crippen LogP contribution in [-0.2, 0) is 9.84 Å². The third-order valence-electron chi connectivity index (χ3n) is 3.02. The SMILES string of the molecule is CS(=O)(=O)C1CSCCN1c1ccccc1C(=O)O. The largest absolute Gasteiger partial charge is 0.478 e. The normalized spacial score (nSPS) is 20.3. The predicted molar refractivity (Wildman–Crippen MR) is 76.7 cm³/mol. The zero-order valence-corrected chi connectivity index (χ0v) is 12.1. The molecule has 1 fully saturated rings. The number of sulfone groups is 1. The number of nitrogens with zero attached hydrogens (tertiary/aromatic N) is 1. The van der Waals surface area contributed by atoms with Crippen LogP contribution in [0.25, 0.3) is 0 Å². The topological polar surface area (TPSA) is 74.7 Å². The average molecular weight is 301 g/mol. The van der Waals surface area contributed by atoms with Gasteiger partial charge >= 0.3 is 5.97 Å². The minimum Gasteiger partial charge on any atom is -0.478 e. The van der Waals surface area contributed by atoms with Crippen LogP contribution in [0.15, 0.2) is 24.3 Å². The molecule has 1 aromatic rings. The summed E-state index contributed by atoms with van der Waals surface area (Å²) < 4.78 is 23.7. The Labute approximate surface area is 116 Å². The summed E-state index contributed by atoms with van der Waals surface area (Å²) in [5.74, 6) is 0.216. The number of hydrogen-bond acceptors (Lipinski definition) is 5. The highest BCUT2D eigenvalue weighted by Crippen LogP contribution is 2.29. The fourth-order valence-corrected chi connectivity index (χ4v) is 4.95. The standard InChI is InChI=1S/C12H15NO4S2/c1-19(16,17)11-8-18-7-6-13(11)10-5-3-2-4-9(10)12(14)15/h2-5,11H,6-8H2,1H3,(H,14,15). The van der Waals surface area contributed by atoms with Crippen LogP contribution >= 0.6 is 11.8 Å². The minimum atomic E-state index is -3.25. The molecule has 0 spiro atoms. The van der Waals surface area contributed by atoms with E-state index in [1.807, 2.05) is 0 Å². The molecule has 0 radical (unpaired) electrons. The van der Waals surface area contributed by atoms with Gasteiger partial charge in [0.25, 0.3) is 0 Å². The van der Waals surface area contributed by atoms with Crippen molar-refractivity contribution in [3.8, 4) is 0 Å². The van der Waals surface area contributed by atoms with Crippen molar-refractivity contribution in [2.24, 2.45) is 0 Å². The van der Waals surface area contributed by atoms with Gasteiger partial charge in [-0.2, -0.15) is 11.8 Å². The molecule has 7 heteroatoms. The van der Waals surface area contributed by atoms with Gasteiger partial charge in [-0.05, 0) is 12.1 Å². The lowest BCUT2D eigenvalue weighted by Crippen LogP contribution is -2.47. The van der Waals surface area contributed by atoms with E-state index in [0.29, 0.717) is 18.0 Å². The van der Waals surface area contributed by atoms with E-state index >= 15 is 0 Å². The summed E-state index contributed by atoms with van der Waals surface area (Å²) in [7, 11) is -3.25. The first-order valence-corrected chi connectivity index (χ1v) is 8.88. The summed E-state index contributed by atoms with van der Waals surface area (Å²) in [6.45, 7) is 0.534. The van der Waals surface area contributed by atoms with E-state index in [2.05, 4.69) is 0 Å². The molecule has 0 aromatic heterocycles. The number of carboxylic acids is 1. The van der Waals surface area contributed by atoms with Crippen molar-refractivity contribution in [3.63, 3.8) is 0 Å². The zero-order valence-electron chi connectivity index (χ0n) is 10.4. The number of aromatic carboxylic acids is 1. The Kier molecular flexibility index (Phi) is 4.05. The molecule has 104 valence electrons. The Morgan fingerprint density at radius 1 is 1.42 bits per heavy atom. The maximum Gasteiger partial charge on any atom is 0.337 e. The average Bonchev–Trinajstić information content (AvgIpc) is 2.37. The first-order chi connectivity index (χ1) is 8.91. The van der Waals surface area contributed by atoms with Crippen LogP contribution in [0, 0.1) is 0 Å². The molecule has 1 unspecified atom stereocenters. The van der Waals surface area contributed by atoms with E-state index in [4.69, 9.17) is 0 Å². The summed E-state index contributed by atoms with van der Waals surface area (Å²) in [5.41, 5.74) is 0.619. The minimum absolute atomic E-state index is 0.142. The fraction of sp³-hybridized carbons (Fsp3) is 0.417. The third kappa shape index (κ3) is 3.03. The molecule has 1 saturated heterocycles. The summed E-state index contributed by atoms with van der Waals surface area (Å²) in [4.78, 5) is 12.9. The number of carbonyl (C=O) groups is 1. The first-order valence-electron chi connectivity index (χ1n) is 5.77. The molecule has 5 nitrogen and oxygen atoms in total. The number of hydrogen-bond donors (Lipinski definition) is 1. The molecule has 0 bridgehead atoms. The smallest absolute Gasteiger partial charge is 0.337 e. The van der Waals surface area contributed by atoms with E-state index in [-0.39, 0.29) is 5.56 Å². The quantitative estimate of drug-likeness (QED) is 0.907. The highest BCUT2D eigenvalue weighted by molar-refractivity contribution is 8.01. The van der Waals surface area contributed by atoms with E-state index in [9.17, 15) is 18.3 Å². The molecular weight excluding hydrogens is 286 g/mol. The van der Waals surface area contributed by atoms with Crippen molar-refractivity contribution in [2.45, 2.75) is 5.37 Å². The van der Waals surface area contributed by atoms with Crippen LogP contribution in [-0.4, -0.2) is 49.2 Å². The molecule has 1 aliphatic rings. The molecule has 0 amide bonds. The number of para-hydroxylation sites is 1. The van der Waals surface area contributed by atoms with Gasteiger partial charge in [-0.15, -0.1) is 0 Å². The highest BCUT2D eigenvalue weighted by atomic mass is 32.2. The molecule has 1 atom stereocenters. The third-order valence-corrected chi connectivity index (χ3v) is 5.67. The van der Waals surface area contributed by atoms with Crippen LogP contribution in [0.4, 0.5) is 5.69 Å². The van der Waals surface area contributed by atoms with Crippen molar-refractivity contribution in [3.05, 3.63) is 29.8 Å². The molecule has 1 heterocycles. The molecule has 1 aliphatic heterocycles. The number of anilines is 1. The van der Waals surface area contributed by atoms with E-state index in [1.165, 1.54) is 12.3 Å². The van der Waals surface area contributed by atoms with Crippen LogP contribution < -0.4 is 4.90 Å². The monoisotopic (exact) mass is 301 g/mol. The number of rotatable bonds is 3. The lowest BCUT2D eigenvalue weighted by molar-refractivity contribution is 0.0697. The number of thioether (sulfide) groups is 1.